The Morgan fingerprint density at radius 3 is 2.73 bits per heavy atom. The van der Waals surface area contributed by atoms with Crippen LogP contribution in [0, 0.1) is 17.7 Å². The molecule has 0 radical (unpaired) electrons. The molecule has 1 aliphatic carbocycles. The molecule has 116 valence electrons. The number of nitrogens with one attached hydrogen (secondary N) is 2. The Hall–Kier alpha value is -2.44. The zero-order chi connectivity index (χ0) is 15.9. The minimum absolute atomic E-state index is 0.239. The van der Waals surface area contributed by atoms with Crippen molar-refractivity contribution in [1.82, 2.24) is 10.6 Å². The fraction of sp³-hybridized carbons (Fsp3) is 0.400. The second-order valence-electron chi connectivity index (χ2n) is 5.80. The largest absolute Gasteiger partial charge is 0.481 e. The molecule has 3 rings (SSSR count). The number of benzene rings is 1. The molecular formula is C15H15FN2O4. The zero-order valence-electron chi connectivity index (χ0n) is 11.6. The summed E-state index contributed by atoms with van der Waals surface area (Å²) in [6.45, 7) is 0. The van der Waals surface area contributed by atoms with E-state index < -0.39 is 35.3 Å². The first-order valence-corrected chi connectivity index (χ1v) is 7.03. The summed E-state index contributed by atoms with van der Waals surface area (Å²) >= 11 is 0. The third-order valence-electron chi connectivity index (χ3n) is 4.41. The van der Waals surface area contributed by atoms with E-state index in [9.17, 15) is 18.8 Å². The Morgan fingerprint density at radius 1 is 1.41 bits per heavy atom. The number of hydrogen-bond acceptors (Lipinski definition) is 3. The summed E-state index contributed by atoms with van der Waals surface area (Å²) in [4.78, 5) is 34.8. The molecule has 2 aliphatic rings. The molecule has 3 N–H and O–H groups in total. The Kier molecular flexibility index (Phi) is 3.35. The van der Waals surface area contributed by atoms with Crippen LogP contribution in [-0.4, -0.2) is 28.6 Å². The van der Waals surface area contributed by atoms with E-state index in [-0.39, 0.29) is 12.2 Å². The Labute approximate surface area is 125 Å². The predicted molar refractivity (Wildman–Crippen MR) is 73.4 cm³/mol. The lowest BCUT2D eigenvalue weighted by molar-refractivity contribution is -0.139. The molecule has 7 heteroatoms. The normalized spacial score (nSPS) is 29.9. The minimum atomic E-state index is -1.22. The van der Waals surface area contributed by atoms with Gasteiger partial charge >= 0.3 is 12.0 Å². The van der Waals surface area contributed by atoms with Gasteiger partial charge in [-0.25, -0.2) is 9.18 Å². The first kappa shape index (κ1) is 14.5. The molecule has 2 fully saturated rings. The molecule has 0 aromatic heterocycles. The fourth-order valence-corrected chi connectivity index (χ4v) is 3.17. The van der Waals surface area contributed by atoms with Crippen LogP contribution in [-0.2, 0) is 16.0 Å². The predicted octanol–water partition coefficient (Wildman–Crippen LogP) is 1.06. The molecule has 1 saturated heterocycles. The van der Waals surface area contributed by atoms with Crippen LogP contribution in [0.15, 0.2) is 24.3 Å². The van der Waals surface area contributed by atoms with Gasteiger partial charge in [-0.05, 0) is 37.0 Å². The third-order valence-corrected chi connectivity index (χ3v) is 4.41. The monoisotopic (exact) mass is 306 g/mol. The third kappa shape index (κ3) is 2.43. The van der Waals surface area contributed by atoms with Crippen molar-refractivity contribution in [3.05, 3.63) is 35.6 Å². The van der Waals surface area contributed by atoms with Crippen molar-refractivity contribution in [2.45, 2.75) is 24.8 Å². The minimum Gasteiger partial charge on any atom is -0.481 e. The van der Waals surface area contributed by atoms with Gasteiger partial charge in [0, 0.05) is 5.92 Å². The molecule has 3 amide bonds. The summed E-state index contributed by atoms with van der Waals surface area (Å²) in [5.74, 6) is -2.89. The maximum absolute atomic E-state index is 13.2. The Balaban J connectivity index is 1.80. The number of rotatable bonds is 5. The molecule has 1 aromatic rings. The van der Waals surface area contributed by atoms with Crippen LogP contribution in [0.2, 0.25) is 0 Å². The average Bonchev–Trinajstić information content (AvgIpc) is 3.19. The number of hydrogen-bond donors (Lipinski definition) is 3. The summed E-state index contributed by atoms with van der Waals surface area (Å²) in [5, 5.41) is 13.9. The summed E-state index contributed by atoms with van der Waals surface area (Å²) in [6, 6.07) is 5.38. The molecule has 0 spiro atoms. The lowest BCUT2D eigenvalue weighted by Gasteiger charge is -2.26. The summed E-state index contributed by atoms with van der Waals surface area (Å²) in [5.41, 5.74) is -0.521. The number of carboxylic acid groups (broad SMARTS) is 1. The number of carbonyl (C=O) groups excluding carboxylic acids is 2. The van der Waals surface area contributed by atoms with Crippen molar-refractivity contribution in [2.24, 2.45) is 11.8 Å². The van der Waals surface area contributed by atoms with E-state index in [1.165, 1.54) is 12.1 Å². The van der Waals surface area contributed by atoms with Crippen LogP contribution >= 0.6 is 0 Å². The van der Waals surface area contributed by atoms with Gasteiger partial charge in [-0.1, -0.05) is 12.1 Å². The number of halogens is 1. The maximum atomic E-state index is 13.2. The maximum Gasteiger partial charge on any atom is 0.322 e. The van der Waals surface area contributed by atoms with E-state index in [4.69, 9.17) is 5.11 Å². The van der Waals surface area contributed by atoms with Gasteiger partial charge in [0.15, 0.2) is 0 Å². The first-order valence-electron chi connectivity index (χ1n) is 7.03. The summed E-state index contributed by atoms with van der Waals surface area (Å²) < 4.78 is 13.2. The highest BCUT2D eigenvalue weighted by Crippen LogP contribution is 2.49. The molecule has 3 unspecified atom stereocenters. The molecule has 1 aromatic carbocycles. The average molecular weight is 306 g/mol. The van der Waals surface area contributed by atoms with Crippen LogP contribution in [0.1, 0.15) is 18.4 Å². The standard InChI is InChI=1S/C15H15FN2O4/c16-9-3-1-2-8(6-9)4-5-15(11-7-10(11)12(19)20)13(21)17-14(22)18-15/h1-3,6,10-11H,4-5,7H2,(H,19,20)(H2,17,18,21,22). The fourth-order valence-electron chi connectivity index (χ4n) is 3.17. The van der Waals surface area contributed by atoms with Crippen LogP contribution in [0.5, 0.6) is 0 Å². The van der Waals surface area contributed by atoms with Gasteiger partial charge in [0.25, 0.3) is 5.91 Å². The van der Waals surface area contributed by atoms with Crippen molar-refractivity contribution in [3.8, 4) is 0 Å². The second kappa shape index (κ2) is 5.08. The van der Waals surface area contributed by atoms with E-state index in [0.29, 0.717) is 18.4 Å². The molecule has 1 aliphatic heterocycles. The SMILES string of the molecule is O=C1NC(=O)C(CCc2cccc(F)c2)(C2CC2C(=O)O)N1. The molecule has 22 heavy (non-hydrogen) atoms. The lowest BCUT2D eigenvalue weighted by Crippen LogP contribution is -2.50. The van der Waals surface area contributed by atoms with Crippen LogP contribution in [0.4, 0.5) is 9.18 Å². The first-order chi connectivity index (χ1) is 10.4. The van der Waals surface area contributed by atoms with Crippen molar-refractivity contribution in [2.75, 3.05) is 0 Å². The van der Waals surface area contributed by atoms with Gasteiger partial charge in [0.1, 0.15) is 11.4 Å². The molecule has 3 atom stereocenters. The lowest BCUT2D eigenvalue weighted by atomic mass is 9.85. The highest BCUT2D eigenvalue weighted by molar-refractivity contribution is 6.07. The van der Waals surface area contributed by atoms with E-state index in [1.807, 2.05) is 0 Å². The second-order valence-corrected chi connectivity index (χ2v) is 5.80. The number of aliphatic carboxylic acids is 1. The number of imide groups is 1. The van der Waals surface area contributed by atoms with Crippen molar-refractivity contribution in [3.63, 3.8) is 0 Å². The van der Waals surface area contributed by atoms with Crippen LogP contribution in [0.3, 0.4) is 0 Å². The van der Waals surface area contributed by atoms with Crippen molar-refractivity contribution >= 4 is 17.9 Å². The Bertz CT molecular complexity index is 663. The van der Waals surface area contributed by atoms with E-state index in [2.05, 4.69) is 10.6 Å². The summed E-state index contributed by atoms with van der Waals surface area (Å²) in [6.07, 6.45) is 0.961. The van der Waals surface area contributed by atoms with E-state index in [1.54, 1.807) is 12.1 Å². The van der Waals surface area contributed by atoms with E-state index >= 15 is 0 Å². The van der Waals surface area contributed by atoms with Gasteiger partial charge < -0.3 is 10.4 Å². The number of carboxylic acids is 1. The number of urea groups is 1. The molecule has 1 saturated carbocycles. The molecule has 6 nitrogen and oxygen atoms in total. The van der Waals surface area contributed by atoms with E-state index in [0.717, 1.165) is 0 Å². The van der Waals surface area contributed by atoms with Gasteiger partial charge in [0.05, 0.1) is 5.92 Å². The molecular weight excluding hydrogens is 291 g/mol. The quantitative estimate of drug-likeness (QED) is 0.709. The molecule has 0 bridgehead atoms. The topological polar surface area (TPSA) is 95.5 Å². The van der Waals surface area contributed by atoms with Crippen LogP contribution < -0.4 is 10.6 Å². The van der Waals surface area contributed by atoms with Crippen molar-refractivity contribution < 1.29 is 23.9 Å². The van der Waals surface area contributed by atoms with Gasteiger partial charge in [-0.3, -0.25) is 14.9 Å². The number of carbonyl (C=O) groups is 3. The van der Waals surface area contributed by atoms with Gasteiger partial charge in [-0.15, -0.1) is 0 Å². The van der Waals surface area contributed by atoms with Gasteiger partial charge in [0.2, 0.25) is 0 Å². The van der Waals surface area contributed by atoms with Gasteiger partial charge in [-0.2, -0.15) is 0 Å². The Morgan fingerprint density at radius 2 is 2.18 bits per heavy atom. The van der Waals surface area contributed by atoms with Crippen molar-refractivity contribution in [1.29, 1.82) is 0 Å². The van der Waals surface area contributed by atoms with Crippen LogP contribution in [0.25, 0.3) is 0 Å². The summed E-state index contributed by atoms with van der Waals surface area (Å²) in [7, 11) is 0. The molecule has 1 heterocycles. The highest BCUT2D eigenvalue weighted by Gasteiger charge is 2.62. The number of amides is 3. The highest BCUT2D eigenvalue weighted by atomic mass is 19.1. The number of aryl methyl sites for hydroxylation is 1. The smallest absolute Gasteiger partial charge is 0.322 e. The zero-order valence-corrected chi connectivity index (χ0v) is 11.6.